The lowest BCUT2D eigenvalue weighted by atomic mass is 10.2. The summed E-state index contributed by atoms with van der Waals surface area (Å²) in [6, 6.07) is 14.6. The van der Waals surface area contributed by atoms with Crippen molar-refractivity contribution in [3.63, 3.8) is 0 Å². The predicted molar refractivity (Wildman–Crippen MR) is 104 cm³/mol. The minimum Gasteiger partial charge on any atom is -0.438 e. The van der Waals surface area contributed by atoms with Crippen molar-refractivity contribution in [3.8, 4) is 11.6 Å². The van der Waals surface area contributed by atoms with Crippen molar-refractivity contribution in [2.75, 3.05) is 5.32 Å². The number of benzene rings is 2. The van der Waals surface area contributed by atoms with Gasteiger partial charge in [0.25, 0.3) is 11.2 Å². The molecule has 3 aromatic rings. The van der Waals surface area contributed by atoms with Crippen LogP contribution >= 0.6 is 0 Å². The Kier molecular flexibility index (Phi) is 5.25. The second-order valence-electron chi connectivity index (χ2n) is 6.10. The zero-order valence-electron chi connectivity index (χ0n) is 15.3. The molecule has 1 aromatic heterocycles. The van der Waals surface area contributed by atoms with Crippen molar-refractivity contribution < 1.29 is 9.66 Å². The highest BCUT2D eigenvalue weighted by Gasteiger charge is 2.11. The molecule has 0 bridgehead atoms. The molecule has 1 N–H and O–H groups in total. The van der Waals surface area contributed by atoms with E-state index in [-0.39, 0.29) is 11.6 Å². The van der Waals surface area contributed by atoms with Crippen LogP contribution in [0.3, 0.4) is 0 Å². The Balaban J connectivity index is 1.85. The molecule has 0 saturated heterocycles. The molecule has 0 amide bonds. The largest absolute Gasteiger partial charge is 0.438 e. The Bertz CT molecular complexity index is 1150. The molecule has 0 spiro atoms. The van der Waals surface area contributed by atoms with E-state index in [9.17, 15) is 19.7 Å². The van der Waals surface area contributed by atoms with Gasteiger partial charge in [-0.05, 0) is 17.7 Å². The van der Waals surface area contributed by atoms with Gasteiger partial charge in [-0.25, -0.2) is 4.79 Å². The quantitative estimate of drug-likeness (QED) is 0.518. The highest BCUT2D eigenvalue weighted by molar-refractivity contribution is 5.57. The summed E-state index contributed by atoms with van der Waals surface area (Å²) in [5.74, 6) is 0.522. The van der Waals surface area contributed by atoms with Crippen LogP contribution in [0.25, 0.3) is 0 Å². The Morgan fingerprint density at radius 3 is 2.54 bits per heavy atom. The Hall–Kier alpha value is -3.88. The summed E-state index contributed by atoms with van der Waals surface area (Å²) in [5.41, 5.74) is 0.385. The number of para-hydroxylation sites is 2. The van der Waals surface area contributed by atoms with Gasteiger partial charge in [0.2, 0.25) is 5.88 Å². The summed E-state index contributed by atoms with van der Waals surface area (Å²) in [4.78, 5) is 34.4. The van der Waals surface area contributed by atoms with Gasteiger partial charge >= 0.3 is 5.69 Å². The summed E-state index contributed by atoms with van der Waals surface area (Å²) in [6.07, 6.45) is 0. The number of ether oxygens (including phenoxy) is 1. The van der Waals surface area contributed by atoms with Gasteiger partial charge in [0.05, 0.1) is 16.7 Å². The van der Waals surface area contributed by atoms with Crippen LogP contribution in [0, 0.1) is 10.1 Å². The van der Waals surface area contributed by atoms with E-state index in [0.29, 0.717) is 18.0 Å². The second-order valence-corrected chi connectivity index (χ2v) is 6.10. The van der Waals surface area contributed by atoms with Crippen molar-refractivity contribution in [1.29, 1.82) is 0 Å². The number of non-ortho nitro benzene ring substituents is 1. The monoisotopic (exact) mass is 382 g/mol. The fraction of sp³-hybridized carbons (Fsp3) is 0.158. The molecule has 3 rings (SSSR count). The number of rotatable bonds is 6. The maximum atomic E-state index is 12.1. The summed E-state index contributed by atoms with van der Waals surface area (Å²) in [7, 11) is 2.90. The first-order chi connectivity index (χ1) is 13.4. The van der Waals surface area contributed by atoms with Gasteiger partial charge in [0.1, 0.15) is 0 Å². The molecule has 1 heterocycles. The lowest BCUT2D eigenvalue weighted by molar-refractivity contribution is -0.384. The molecule has 0 aliphatic heterocycles. The number of nitro benzene ring substituents is 1. The highest BCUT2D eigenvalue weighted by Crippen LogP contribution is 2.28. The van der Waals surface area contributed by atoms with E-state index in [2.05, 4.69) is 5.32 Å². The van der Waals surface area contributed by atoms with Gasteiger partial charge in [0, 0.05) is 32.8 Å². The molecule has 9 heteroatoms. The van der Waals surface area contributed by atoms with E-state index in [1.54, 1.807) is 36.4 Å². The van der Waals surface area contributed by atoms with E-state index in [1.165, 1.54) is 36.9 Å². The predicted octanol–water partition coefficient (Wildman–Crippen LogP) is 2.40. The first-order valence-electron chi connectivity index (χ1n) is 8.38. The number of nitrogens with one attached hydrogen (secondary N) is 1. The molecule has 28 heavy (non-hydrogen) atoms. The number of hydrogen-bond acceptors (Lipinski definition) is 6. The summed E-state index contributed by atoms with van der Waals surface area (Å²) >= 11 is 0. The number of anilines is 1. The second kappa shape index (κ2) is 7.78. The zero-order valence-corrected chi connectivity index (χ0v) is 15.3. The molecule has 0 radical (unpaired) electrons. The zero-order chi connectivity index (χ0) is 20.3. The smallest absolute Gasteiger partial charge is 0.333 e. The van der Waals surface area contributed by atoms with Gasteiger partial charge in [-0.15, -0.1) is 0 Å². The molecule has 0 saturated carbocycles. The van der Waals surface area contributed by atoms with E-state index >= 15 is 0 Å². The minimum absolute atomic E-state index is 0.0129. The fourth-order valence-electron chi connectivity index (χ4n) is 2.60. The molecule has 0 atom stereocenters. The average molecular weight is 382 g/mol. The molecule has 9 nitrogen and oxygen atoms in total. The van der Waals surface area contributed by atoms with Crippen LogP contribution in [0.15, 0.2) is 64.2 Å². The van der Waals surface area contributed by atoms with Crippen LogP contribution in [-0.2, 0) is 20.6 Å². The van der Waals surface area contributed by atoms with Gasteiger partial charge in [-0.2, -0.15) is 0 Å². The third-order valence-electron chi connectivity index (χ3n) is 4.19. The highest BCUT2D eigenvalue weighted by atomic mass is 16.6. The number of hydrogen-bond donors (Lipinski definition) is 1. The molecule has 144 valence electrons. The topological polar surface area (TPSA) is 108 Å². The van der Waals surface area contributed by atoms with E-state index in [4.69, 9.17) is 4.74 Å². The first-order valence-corrected chi connectivity index (χ1v) is 8.38. The molecule has 0 aliphatic carbocycles. The summed E-state index contributed by atoms with van der Waals surface area (Å²) in [5, 5.41) is 14.1. The Morgan fingerprint density at radius 2 is 1.79 bits per heavy atom. The normalized spacial score (nSPS) is 10.5. The van der Waals surface area contributed by atoms with Crippen molar-refractivity contribution >= 4 is 11.4 Å². The molecule has 0 fully saturated rings. The number of aromatic nitrogens is 2. The van der Waals surface area contributed by atoms with E-state index in [0.717, 1.165) is 10.1 Å². The lowest BCUT2D eigenvalue weighted by Gasteiger charge is -2.15. The van der Waals surface area contributed by atoms with Crippen LogP contribution in [0.5, 0.6) is 11.6 Å². The molecule has 2 aromatic carbocycles. The SMILES string of the molecule is Cn1c(Oc2ccccc2NCc2cccc([N+](=O)[O-])c2)cc(=O)n(C)c1=O. The van der Waals surface area contributed by atoms with E-state index < -0.39 is 16.2 Å². The van der Waals surface area contributed by atoms with Crippen LogP contribution in [0.1, 0.15) is 5.56 Å². The maximum Gasteiger partial charge on any atom is 0.333 e. The van der Waals surface area contributed by atoms with Gasteiger partial charge in [-0.1, -0.05) is 24.3 Å². The van der Waals surface area contributed by atoms with Crippen LogP contribution < -0.4 is 21.3 Å². The van der Waals surface area contributed by atoms with Gasteiger partial charge < -0.3 is 10.1 Å². The Morgan fingerprint density at radius 1 is 1.04 bits per heavy atom. The van der Waals surface area contributed by atoms with Crippen molar-refractivity contribution in [3.05, 3.63) is 91.1 Å². The van der Waals surface area contributed by atoms with Crippen LogP contribution in [-0.4, -0.2) is 14.1 Å². The lowest BCUT2D eigenvalue weighted by Crippen LogP contribution is -2.36. The third kappa shape index (κ3) is 3.93. The van der Waals surface area contributed by atoms with Gasteiger partial charge in [0.15, 0.2) is 5.75 Å². The number of nitro groups is 1. The Labute approximate surface area is 159 Å². The van der Waals surface area contributed by atoms with Crippen molar-refractivity contribution in [1.82, 2.24) is 9.13 Å². The number of nitrogens with zero attached hydrogens (tertiary/aromatic N) is 3. The third-order valence-corrected chi connectivity index (χ3v) is 4.19. The molecular weight excluding hydrogens is 364 g/mol. The maximum absolute atomic E-state index is 12.1. The molecule has 0 aliphatic rings. The van der Waals surface area contributed by atoms with E-state index in [1.807, 2.05) is 0 Å². The van der Waals surface area contributed by atoms with Gasteiger partial charge in [-0.3, -0.25) is 24.0 Å². The minimum atomic E-state index is -0.496. The van der Waals surface area contributed by atoms with Crippen LogP contribution in [0.4, 0.5) is 11.4 Å². The van der Waals surface area contributed by atoms with Crippen LogP contribution in [0.2, 0.25) is 0 Å². The standard InChI is InChI=1S/C19H18N4O5/c1-21-17(24)11-18(22(2)19(21)25)28-16-9-4-3-8-15(16)20-12-13-6-5-7-14(10-13)23(26)27/h3-11,20H,12H2,1-2H3. The molecule has 0 unspecified atom stereocenters. The molecular formula is C19H18N4O5. The van der Waals surface area contributed by atoms with Crippen molar-refractivity contribution in [2.24, 2.45) is 14.1 Å². The fourth-order valence-corrected chi connectivity index (χ4v) is 2.60. The van der Waals surface area contributed by atoms with Crippen molar-refractivity contribution in [2.45, 2.75) is 6.54 Å². The summed E-state index contributed by atoms with van der Waals surface area (Å²) < 4.78 is 8.01. The first kappa shape index (κ1) is 18.9. The summed E-state index contributed by atoms with van der Waals surface area (Å²) in [6.45, 7) is 0.331. The average Bonchev–Trinajstić information content (AvgIpc) is 2.70.